The lowest BCUT2D eigenvalue weighted by atomic mass is 9.58. The van der Waals surface area contributed by atoms with Crippen molar-refractivity contribution >= 4 is 5.78 Å². The third-order valence-corrected chi connectivity index (χ3v) is 7.22. The average Bonchev–Trinajstić information content (AvgIpc) is 3.22. The summed E-state index contributed by atoms with van der Waals surface area (Å²) in [6.07, 6.45) is 5.78. The van der Waals surface area contributed by atoms with Crippen molar-refractivity contribution < 1.29 is 4.79 Å². The van der Waals surface area contributed by atoms with Gasteiger partial charge in [-0.2, -0.15) is 10.2 Å². The van der Waals surface area contributed by atoms with Crippen molar-refractivity contribution in [1.82, 2.24) is 10.3 Å². The minimum atomic E-state index is -0.520. The van der Waals surface area contributed by atoms with E-state index in [1.54, 1.807) is 0 Å². The molecule has 3 heterocycles. The van der Waals surface area contributed by atoms with Crippen LogP contribution in [0.4, 0.5) is 0 Å². The number of hydrogen-bond donors (Lipinski definition) is 1. The van der Waals surface area contributed by atoms with Gasteiger partial charge in [0.2, 0.25) is 0 Å². The van der Waals surface area contributed by atoms with E-state index in [9.17, 15) is 4.79 Å². The number of fused-ring (bicyclic) bond motifs is 1. The summed E-state index contributed by atoms with van der Waals surface area (Å²) in [5.74, 6) is 0.234. The van der Waals surface area contributed by atoms with Crippen LogP contribution in [0, 0.1) is 19.3 Å². The van der Waals surface area contributed by atoms with Gasteiger partial charge in [-0.25, -0.2) is 0 Å². The van der Waals surface area contributed by atoms with E-state index in [4.69, 9.17) is 0 Å². The minimum absolute atomic E-state index is 0.0626. The molecule has 1 aromatic carbocycles. The lowest BCUT2D eigenvalue weighted by molar-refractivity contribution is -0.119. The molecule has 0 amide bonds. The van der Waals surface area contributed by atoms with Crippen molar-refractivity contribution in [3.63, 3.8) is 0 Å². The Kier molecular flexibility index (Phi) is 4.70. The molecule has 0 fully saturated rings. The van der Waals surface area contributed by atoms with Crippen molar-refractivity contribution in [1.29, 1.82) is 0 Å². The zero-order valence-corrected chi connectivity index (χ0v) is 19.5. The highest BCUT2D eigenvalue weighted by atomic mass is 16.1. The SMILES string of the molecule is CC[C@@]1(c2cccc(-c3cc(C)ncc3C)c2)C2=CN=NC2NC2=C1C(=O)CC(C)(C)C2. The van der Waals surface area contributed by atoms with Gasteiger partial charge >= 0.3 is 0 Å². The van der Waals surface area contributed by atoms with Crippen LogP contribution < -0.4 is 5.32 Å². The normalized spacial score (nSPS) is 25.8. The Morgan fingerprint density at radius 1 is 1.16 bits per heavy atom. The first-order chi connectivity index (χ1) is 15.2. The number of aryl methyl sites for hydroxylation is 2. The summed E-state index contributed by atoms with van der Waals surface area (Å²) in [6, 6.07) is 10.8. The van der Waals surface area contributed by atoms with Crippen molar-refractivity contribution in [3.8, 4) is 11.1 Å². The maximum atomic E-state index is 13.6. The molecule has 1 N–H and O–H groups in total. The summed E-state index contributed by atoms with van der Waals surface area (Å²) in [5, 5.41) is 12.3. The van der Waals surface area contributed by atoms with Gasteiger partial charge in [0.15, 0.2) is 11.9 Å². The first kappa shape index (κ1) is 20.8. The Hall–Kier alpha value is -3.08. The molecule has 3 aliphatic rings. The molecule has 1 aliphatic carbocycles. The predicted octanol–water partition coefficient (Wildman–Crippen LogP) is 5.94. The zero-order chi connectivity index (χ0) is 22.7. The number of nitrogens with zero attached hydrogens (tertiary/aromatic N) is 3. The highest BCUT2D eigenvalue weighted by Gasteiger charge is 2.52. The number of pyridine rings is 1. The standard InChI is InChI=1S/C27H30N4O/c1-6-27(19-9-7-8-18(11-19)20-10-17(3)28-14-16(20)2)21-15-29-31-25(21)30-22-12-26(4,5)13-23(32)24(22)27/h7-11,14-15,25,30H,6,12-13H2,1-5H3/t25?,27-/m1/s1. The van der Waals surface area contributed by atoms with Gasteiger partial charge in [0, 0.05) is 35.2 Å². The van der Waals surface area contributed by atoms with Crippen LogP contribution in [0.25, 0.3) is 11.1 Å². The number of hydrogen-bond acceptors (Lipinski definition) is 5. The molecule has 5 rings (SSSR count). The fraction of sp³-hybridized carbons (Fsp3) is 0.407. The molecule has 0 radical (unpaired) electrons. The van der Waals surface area contributed by atoms with E-state index >= 15 is 0 Å². The van der Waals surface area contributed by atoms with Crippen molar-refractivity contribution in [2.24, 2.45) is 15.6 Å². The molecular weight excluding hydrogens is 396 g/mol. The van der Waals surface area contributed by atoms with Crippen molar-refractivity contribution in [2.45, 2.75) is 65.5 Å². The zero-order valence-electron chi connectivity index (χ0n) is 19.5. The van der Waals surface area contributed by atoms with Crippen LogP contribution >= 0.6 is 0 Å². The quantitative estimate of drug-likeness (QED) is 0.661. The predicted molar refractivity (Wildman–Crippen MR) is 126 cm³/mol. The van der Waals surface area contributed by atoms with E-state index in [1.807, 2.05) is 19.3 Å². The third kappa shape index (κ3) is 3.06. The molecule has 0 saturated heterocycles. The smallest absolute Gasteiger partial charge is 0.164 e. The molecule has 0 saturated carbocycles. The number of benzene rings is 1. The van der Waals surface area contributed by atoms with Crippen molar-refractivity contribution in [3.05, 3.63) is 76.4 Å². The third-order valence-electron chi connectivity index (χ3n) is 7.22. The number of carbonyl (C=O) groups is 1. The van der Waals surface area contributed by atoms with Crippen LogP contribution in [0.15, 0.2) is 69.8 Å². The van der Waals surface area contributed by atoms with Crippen LogP contribution in [-0.4, -0.2) is 16.9 Å². The first-order valence-electron chi connectivity index (χ1n) is 11.4. The van der Waals surface area contributed by atoms with Gasteiger partial charge in [0.05, 0.1) is 11.6 Å². The molecule has 0 bridgehead atoms. The van der Waals surface area contributed by atoms with Gasteiger partial charge in [-0.05, 0) is 66.5 Å². The second-order valence-electron chi connectivity index (χ2n) is 10.1. The van der Waals surface area contributed by atoms with Gasteiger partial charge in [0.25, 0.3) is 0 Å². The highest BCUT2D eigenvalue weighted by Crippen LogP contribution is 2.54. The molecule has 0 spiro atoms. The van der Waals surface area contributed by atoms with E-state index in [1.165, 1.54) is 5.56 Å². The molecular formula is C27H30N4O. The largest absolute Gasteiger partial charge is 0.362 e. The average molecular weight is 427 g/mol. The van der Waals surface area contributed by atoms with Crippen LogP contribution in [0.5, 0.6) is 0 Å². The summed E-state index contributed by atoms with van der Waals surface area (Å²) in [7, 11) is 0. The summed E-state index contributed by atoms with van der Waals surface area (Å²) in [4.78, 5) is 18.1. The number of carbonyl (C=O) groups excluding carboxylic acids is 1. The maximum absolute atomic E-state index is 13.6. The first-order valence-corrected chi connectivity index (χ1v) is 11.4. The number of Topliss-reactive ketones (excluding diaryl/α,β-unsaturated/α-hetero) is 1. The molecule has 32 heavy (non-hydrogen) atoms. The van der Waals surface area contributed by atoms with Gasteiger partial charge < -0.3 is 5.32 Å². The topological polar surface area (TPSA) is 66.7 Å². The fourth-order valence-electron chi connectivity index (χ4n) is 5.78. The Balaban J connectivity index is 1.74. The molecule has 5 heteroatoms. The number of nitrogens with one attached hydrogen (secondary N) is 1. The molecule has 2 aliphatic heterocycles. The summed E-state index contributed by atoms with van der Waals surface area (Å²) in [5.41, 5.74) is 8.04. The molecule has 2 atom stereocenters. The van der Waals surface area contributed by atoms with Gasteiger partial charge in [-0.3, -0.25) is 9.78 Å². The van der Waals surface area contributed by atoms with E-state index in [0.29, 0.717) is 6.42 Å². The van der Waals surface area contributed by atoms with Crippen LogP contribution in [0.1, 0.15) is 56.9 Å². The monoisotopic (exact) mass is 426 g/mol. The van der Waals surface area contributed by atoms with Gasteiger partial charge in [-0.1, -0.05) is 39.0 Å². The lowest BCUT2D eigenvalue weighted by Gasteiger charge is -2.47. The number of rotatable bonds is 3. The number of ketones is 1. The second-order valence-corrected chi connectivity index (χ2v) is 10.1. The Morgan fingerprint density at radius 3 is 2.75 bits per heavy atom. The summed E-state index contributed by atoms with van der Waals surface area (Å²) in [6.45, 7) is 10.6. The van der Waals surface area contributed by atoms with Crippen LogP contribution in [-0.2, 0) is 10.2 Å². The van der Waals surface area contributed by atoms with Crippen molar-refractivity contribution in [2.75, 3.05) is 0 Å². The van der Waals surface area contributed by atoms with E-state index < -0.39 is 5.41 Å². The fourth-order valence-corrected chi connectivity index (χ4v) is 5.78. The Morgan fingerprint density at radius 2 is 1.97 bits per heavy atom. The van der Waals surface area contributed by atoms with E-state index in [2.05, 4.69) is 78.6 Å². The Bertz CT molecular complexity index is 1220. The molecule has 5 nitrogen and oxygen atoms in total. The molecule has 1 unspecified atom stereocenters. The summed E-state index contributed by atoms with van der Waals surface area (Å²) < 4.78 is 0. The second kappa shape index (κ2) is 7.22. The molecule has 2 aromatic rings. The lowest BCUT2D eigenvalue weighted by Crippen LogP contribution is -2.51. The molecule has 1 aromatic heterocycles. The van der Waals surface area contributed by atoms with Crippen LogP contribution in [0.2, 0.25) is 0 Å². The van der Waals surface area contributed by atoms with Gasteiger partial charge in [-0.15, -0.1) is 0 Å². The minimum Gasteiger partial charge on any atom is -0.362 e. The highest BCUT2D eigenvalue weighted by molar-refractivity contribution is 6.01. The molecule has 164 valence electrons. The van der Waals surface area contributed by atoms with Gasteiger partial charge in [0.1, 0.15) is 0 Å². The number of azo groups is 1. The number of aromatic nitrogens is 1. The van der Waals surface area contributed by atoms with E-state index in [0.717, 1.165) is 52.1 Å². The maximum Gasteiger partial charge on any atom is 0.164 e. The van der Waals surface area contributed by atoms with E-state index in [-0.39, 0.29) is 17.4 Å². The summed E-state index contributed by atoms with van der Waals surface area (Å²) >= 11 is 0. The van der Waals surface area contributed by atoms with Crippen LogP contribution in [0.3, 0.4) is 0 Å². The Labute approximate surface area is 189 Å². The number of allylic oxidation sites excluding steroid dienone is 2.